The van der Waals surface area contributed by atoms with Crippen LogP contribution in [0.15, 0.2) is 77.7 Å². The first kappa shape index (κ1) is 23.4. The molecule has 0 unspecified atom stereocenters. The van der Waals surface area contributed by atoms with Crippen molar-refractivity contribution in [3.05, 3.63) is 122 Å². The smallest absolute Gasteiger partial charge is 0.267 e. The zero-order valence-corrected chi connectivity index (χ0v) is 20.0. The number of carbonyl (C=O) groups excluding carboxylic acids is 1. The second-order valence-electron chi connectivity index (χ2n) is 8.43. The minimum Gasteiger partial charge on any atom is -0.348 e. The highest BCUT2D eigenvalue weighted by molar-refractivity contribution is 6.31. The maximum Gasteiger partial charge on any atom is 0.267 e. The highest BCUT2D eigenvalue weighted by atomic mass is 35.5. The van der Waals surface area contributed by atoms with E-state index < -0.39 is 5.91 Å². The third-order valence-corrected chi connectivity index (χ3v) is 6.40. The van der Waals surface area contributed by atoms with E-state index in [9.17, 15) is 14.0 Å². The van der Waals surface area contributed by atoms with Gasteiger partial charge in [-0.3, -0.25) is 19.4 Å². The van der Waals surface area contributed by atoms with Crippen LogP contribution in [0.3, 0.4) is 0 Å². The molecule has 2 N–H and O–H groups in total. The first-order valence-electron chi connectivity index (χ1n) is 11.2. The third kappa shape index (κ3) is 4.27. The lowest BCUT2D eigenvalue weighted by atomic mass is 10.1. The molecule has 3 aromatic heterocycles. The summed E-state index contributed by atoms with van der Waals surface area (Å²) in [6, 6.07) is 18.0. The molecule has 0 radical (unpaired) electrons. The Balaban J connectivity index is 1.68. The topological polar surface area (TPSA) is 92.3 Å². The highest BCUT2D eigenvalue weighted by Gasteiger charge is 2.18. The summed E-state index contributed by atoms with van der Waals surface area (Å²) in [5, 5.41) is 12.4. The lowest BCUT2D eigenvalue weighted by Crippen LogP contribution is -2.35. The predicted octanol–water partition coefficient (Wildman–Crippen LogP) is 4.21. The summed E-state index contributed by atoms with van der Waals surface area (Å²) in [5.74, 6) is -0.909. The van der Waals surface area contributed by atoms with Crippen molar-refractivity contribution < 1.29 is 9.18 Å². The van der Waals surface area contributed by atoms with Gasteiger partial charge in [-0.25, -0.2) is 9.37 Å². The highest BCUT2D eigenvalue weighted by Crippen LogP contribution is 2.16. The maximum atomic E-state index is 13.5. The molecular weight excluding hydrogens is 481 g/mol. The number of fused-ring (bicyclic) bond motifs is 2. The molecule has 0 saturated heterocycles. The van der Waals surface area contributed by atoms with E-state index in [0.29, 0.717) is 16.2 Å². The van der Waals surface area contributed by atoms with Crippen LogP contribution in [-0.4, -0.2) is 19.9 Å². The van der Waals surface area contributed by atoms with Crippen molar-refractivity contribution in [3.8, 4) is 0 Å². The Kier molecular flexibility index (Phi) is 6.12. The number of nitrogens with one attached hydrogen (secondary N) is 2. The predicted molar refractivity (Wildman–Crippen MR) is 136 cm³/mol. The summed E-state index contributed by atoms with van der Waals surface area (Å²) >= 11 is 6.21. The Bertz CT molecular complexity index is 1760. The van der Waals surface area contributed by atoms with Gasteiger partial charge < -0.3 is 9.88 Å². The molecule has 1 amide bonds. The summed E-state index contributed by atoms with van der Waals surface area (Å²) in [5.41, 5.74) is 2.48. The van der Waals surface area contributed by atoms with Crippen LogP contribution in [0.1, 0.15) is 27.0 Å². The fourth-order valence-electron chi connectivity index (χ4n) is 4.11. The molecule has 0 aliphatic heterocycles. The van der Waals surface area contributed by atoms with Crippen LogP contribution in [0.25, 0.3) is 16.7 Å². The number of hydrogen-bond acceptors (Lipinski definition) is 4. The van der Waals surface area contributed by atoms with Crippen molar-refractivity contribution in [1.29, 1.82) is 5.41 Å². The molecule has 0 atom stereocenters. The van der Waals surface area contributed by atoms with E-state index in [-0.39, 0.29) is 46.6 Å². The number of benzene rings is 2. The van der Waals surface area contributed by atoms with Crippen LogP contribution in [0.4, 0.5) is 4.39 Å². The van der Waals surface area contributed by atoms with Gasteiger partial charge in [0.25, 0.3) is 11.5 Å². The average molecular weight is 502 g/mol. The van der Waals surface area contributed by atoms with Crippen LogP contribution in [-0.2, 0) is 13.1 Å². The molecule has 3 heterocycles. The zero-order valence-electron chi connectivity index (χ0n) is 19.3. The summed E-state index contributed by atoms with van der Waals surface area (Å²) in [6.45, 7) is 2.12. The van der Waals surface area contributed by atoms with Crippen LogP contribution in [0.2, 0.25) is 5.02 Å². The van der Waals surface area contributed by atoms with E-state index in [4.69, 9.17) is 22.0 Å². The molecule has 0 saturated carbocycles. The monoisotopic (exact) mass is 501 g/mol. The van der Waals surface area contributed by atoms with E-state index in [1.807, 2.05) is 19.1 Å². The number of hydrogen-bond donors (Lipinski definition) is 2. The quantitative estimate of drug-likeness (QED) is 0.353. The Morgan fingerprint density at radius 1 is 1.08 bits per heavy atom. The van der Waals surface area contributed by atoms with Crippen molar-refractivity contribution in [2.45, 2.75) is 20.0 Å². The first-order chi connectivity index (χ1) is 17.3. The van der Waals surface area contributed by atoms with Gasteiger partial charge in [0.15, 0.2) is 0 Å². The second kappa shape index (κ2) is 9.39. The van der Waals surface area contributed by atoms with E-state index in [1.165, 1.54) is 27.2 Å². The Morgan fingerprint density at radius 2 is 1.83 bits per heavy atom. The molecular formula is C27H21ClFN5O2. The van der Waals surface area contributed by atoms with E-state index in [2.05, 4.69) is 5.32 Å². The Morgan fingerprint density at radius 3 is 2.58 bits per heavy atom. The van der Waals surface area contributed by atoms with E-state index >= 15 is 0 Å². The first-order valence-corrected chi connectivity index (χ1v) is 11.6. The molecule has 0 fully saturated rings. The molecule has 9 heteroatoms. The van der Waals surface area contributed by atoms with Gasteiger partial charge in [-0.15, -0.1) is 0 Å². The van der Waals surface area contributed by atoms with Gasteiger partial charge in [-0.1, -0.05) is 48.0 Å². The summed E-state index contributed by atoms with van der Waals surface area (Å²) < 4.78 is 16.4. The van der Waals surface area contributed by atoms with Gasteiger partial charge in [0.2, 0.25) is 0 Å². The van der Waals surface area contributed by atoms with Crippen LogP contribution in [0, 0.1) is 18.2 Å². The van der Waals surface area contributed by atoms with Crippen LogP contribution in [0.5, 0.6) is 0 Å². The normalized spacial score (nSPS) is 11.2. The zero-order chi connectivity index (χ0) is 25.4. The lowest BCUT2D eigenvalue weighted by molar-refractivity contribution is 0.0948. The molecule has 36 heavy (non-hydrogen) atoms. The largest absolute Gasteiger partial charge is 0.348 e. The number of halogens is 2. The molecule has 0 aliphatic rings. The fraction of sp³-hybridized carbons (Fsp3) is 0.111. The molecule has 7 nitrogen and oxygen atoms in total. The summed E-state index contributed by atoms with van der Waals surface area (Å²) in [7, 11) is 0. The number of amides is 1. The van der Waals surface area contributed by atoms with Crippen LogP contribution >= 0.6 is 11.6 Å². The third-order valence-electron chi connectivity index (χ3n) is 6.03. The van der Waals surface area contributed by atoms with Crippen molar-refractivity contribution in [2.24, 2.45) is 0 Å². The van der Waals surface area contributed by atoms with Crippen molar-refractivity contribution >= 4 is 34.2 Å². The van der Waals surface area contributed by atoms with Gasteiger partial charge in [0, 0.05) is 17.8 Å². The van der Waals surface area contributed by atoms with Crippen molar-refractivity contribution in [3.63, 3.8) is 0 Å². The standard InChI is InChI=1S/C27H21ClFN5O2/c1-16-5-4-12-33-24(16)32-25-21(27(33)36)13-20(26(35)31-14-18-6-2-3-7-22(18)28)23(30)34(25)15-17-8-10-19(29)11-9-17/h2-13,30H,14-15H2,1H3,(H,31,35). The SMILES string of the molecule is Cc1cccn2c(=O)c3cc(C(=O)NCc4ccccc4Cl)c(=N)n(Cc4ccc(F)cc4)c3nc12. The van der Waals surface area contributed by atoms with Crippen molar-refractivity contribution in [1.82, 2.24) is 19.3 Å². The summed E-state index contributed by atoms with van der Waals surface area (Å²) in [6.07, 6.45) is 1.62. The van der Waals surface area contributed by atoms with Gasteiger partial charge in [-0.05, 0) is 53.9 Å². The molecule has 0 bridgehead atoms. The molecule has 5 rings (SSSR count). The van der Waals surface area contributed by atoms with Gasteiger partial charge in [-0.2, -0.15) is 0 Å². The van der Waals surface area contributed by atoms with Crippen molar-refractivity contribution in [2.75, 3.05) is 0 Å². The number of nitrogens with zero attached hydrogens (tertiary/aromatic N) is 3. The number of rotatable bonds is 5. The average Bonchev–Trinajstić information content (AvgIpc) is 2.87. The van der Waals surface area contributed by atoms with E-state index in [1.54, 1.807) is 42.6 Å². The van der Waals surface area contributed by atoms with E-state index in [0.717, 1.165) is 11.1 Å². The molecule has 2 aromatic carbocycles. The van der Waals surface area contributed by atoms with Gasteiger partial charge in [0.1, 0.15) is 22.6 Å². The fourth-order valence-corrected chi connectivity index (χ4v) is 4.31. The molecule has 0 spiro atoms. The second-order valence-corrected chi connectivity index (χ2v) is 8.84. The van der Waals surface area contributed by atoms with Gasteiger partial charge in [0.05, 0.1) is 17.5 Å². The number of aromatic nitrogens is 3. The number of pyridine rings is 2. The summed E-state index contributed by atoms with van der Waals surface area (Å²) in [4.78, 5) is 31.4. The Hall–Kier alpha value is -4.30. The minimum atomic E-state index is -0.525. The van der Waals surface area contributed by atoms with Gasteiger partial charge >= 0.3 is 0 Å². The molecule has 180 valence electrons. The minimum absolute atomic E-state index is 0.0168. The molecule has 5 aromatic rings. The van der Waals surface area contributed by atoms with Crippen LogP contribution < -0.4 is 16.4 Å². The number of carbonyl (C=O) groups is 1. The molecule has 0 aliphatic carbocycles. The Labute approximate surface area is 209 Å². The lowest BCUT2D eigenvalue weighted by Gasteiger charge is -2.15. The maximum absolute atomic E-state index is 13.5. The number of aryl methyl sites for hydroxylation is 1.